The molecule has 0 fully saturated rings. The number of hydrogen-bond acceptors (Lipinski definition) is 7. The Labute approximate surface area is 268 Å². The van der Waals surface area contributed by atoms with Crippen molar-refractivity contribution in [2.24, 2.45) is 0 Å². The number of carbonyl (C=O) groups excluding carboxylic acids is 3. The number of benzene rings is 3. The Morgan fingerprint density at radius 2 is 1.59 bits per heavy atom. The molecule has 0 radical (unpaired) electrons. The maximum absolute atomic E-state index is 13.2. The summed E-state index contributed by atoms with van der Waals surface area (Å²) >= 11 is 4.33. The number of aryl methyl sites for hydroxylation is 2. The van der Waals surface area contributed by atoms with Gasteiger partial charge in [0.15, 0.2) is 5.13 Å². The van der Waals surface area contributed by atoms with Crippen LogP contribution in [-0.2, 0) is 9.59 Å². The number of hydrogen-bond donors (Lipinski definition) is 3. The summed E-state index contributed by atoms with van der Waals surface area (Å²) in [6.45, 7) is 5.88. The normalized spacial score (nSPS) is 11.9. The largest absolute Gasteiger partial charge is 0.321 e. The maximum Gasteiger partial charge on any atom is 0.272 e. The fourth-order valence-corrected chi connectivity index (χ4v) is 6.53. The van der Waals surface area contributed by atoms with Gasteiger partial charge in [-0.05, 0) is 74.7 Å². The Balaban J connectivity index is 1.20. The zero-order valence-corrected chi connectivity index (χ0v) is 26.7. The number of amides is 3. The van der Waals surface area contributed by atoms with Crippen molar-refractivity contribution in [3.63, 3.8) is 0 Å². The van der Waals surface area contributed by atoms with Crippen LogP contribution in [0, 0.1) is 13.8 Å². The number of thioether (sulfide) groups is 1. The van der Waals surface area contributed by atoms with E-state index in [0.29, 0.717) is 16.4 Å². The molecule has 222 valence electrons. The standard InChI is InChI=1S/C34H30N4O3S3/c1-21-11-13-24(14-12-21)30-22(2)44-34(37-30)38-31(39)23(3)43-27-17-15-26(16-18-27)35-33(41)29(20-28-10-7-19-42-28)36-32(40)25-8-5-4-6-9-25/h4-20,23H,1-3H3,(H,35,41)(H,36,40)(H,37,38,39)/b29-20-. The molecule has 0 spiro atoms. The number of rotatable bonds is 10. The molecular weight excluding hydrogens is 609 g/mol. The zero-order valence-electron chi connectivity index (χ0n) is 24.3. The van der Waals surface area contributed by atoms with Gasteiger partial charge in [0.1, 0.15) is 5.70 Å². The van der Waals surface area contributed by atoms with Crippen LogP contribution in [-0.4, -0.2) is 28.0 Å². The van der Waals surface area contributed by atoms with Gasteiger partial charge in [0.25, 0.3) is 11.8 Å². The molecule has 3 aromatic carbocycles. The van der Waals surface area contributed by atoms with Gasteiger partial charge in [-0.1, -0.05) is 54.1 Å². The topological polar surface area (TPSA) is 100 Å². The van der Waals surface area contributed by atoms with E-state index in [2.05, 4.69) is 20.9 Å². The van der Waals surface area contributed by atoms with Crippen LogP contribution in [0.25, 0.3) is 17.3 Å². The van der Waals surface area contributed by atoms with Gasteiger partial charge in [0, 0.05) is 31.5 Å². The highest BCUT2D eigenvalue weighted by Crippen LogP contribution is 2.32. The summed E-state index contributed by atoms with van der Waals surface area (Å²) in [6.07, 6.45) is 1.65. The van der Waals surface area contributed by atoms with Gasteiger partial charge in [-0.3, -0.25) is 14.4 Å². The first-order valence-electron chi connectivity index (χ1n) is 13.8. The zero-order chi connectivity index (χ0) is 31.1. The summed E-state index contributed by atoms with van der Waals surface area (Å²) in [7, 11) is 0. The number of thiophene rings is 1. The van der Waals surface area contributed by atoms with Crippen LogP contribution < -0.4 is 16.0 Å². The van der Waals surface area contributed by atoms with Crippen LogP contribution in [0.3, 0.4) is 0 Å². The van der Waals surface area contributed by atoms with Crippen LogP contribution in [0.2, 0.25) is 0 Å². The highest BCUT2D eigenvalue weighted by Gasteiger charge is 2.19. The van der Waals surface area contributed by atoms with Gasteiger partial charge < -0.3 is 16.0 Å². The molecule has 2 aromatic heterocycles. The van der Waals surface area contributed by atoms with Crippen molar-refractivity contribution in [2.45, 2.75) is 30.9 Å². The fraction of sp³-hybridized carbons (Fsp3) is 0.118. The van der Waals surface area contributed by atoms with Gasteiger partial charge in [0.05, 0.1) is 10.9 Å². The summed E-state index contributed by atoms with van der Waals surface area (Å²) in [5.41, 5.74) is 4.22. The van der Waals surface area contributed by atoms with Gasteiger partial charge in [0.2, 0.25) is 5.91 Å². The van der Waals surface area contributed by atoms with Crippen LogP contribution in [0.5, 0.6) is 0 Å². The lowest BCUT2D eigenvalue weighted by Gasteiger charge is -2.13. The lowest BCUT2D eigenvalue weighted by Crippen LogP contribution is -2.30. The van der Waals surface area contributed by atoms with E-state index >= 15 is 0 Å². The second kappa shape index (κ2) is 14.3. The summed E-state index contributed by atoms with van der Waals surface area (Å²) in [4.78, 5) is 46.4. The molecule has 0 aliphatic rings. The number of carbonyl (C=O) groups is 3. The van der Waals surface area contributed by atoms with E-state index in [4.69, 9.17) is 0 Å². The minimum absolute atomic E-state index is 0.132. The van der Waals surface area contributed by atoms with E-state index in [0.717, 1.165) is 25.9 Å². The molecule has 0 aliphatic heterocycles. The van der Waals surface area contributed by atoms with Crippen molar-refractivity contribution in [3.8, 4) is 11.3 Å². The van der Waals surface area contributed by atoms with Crippen molar-refractivity contribution in [1.82, 2.24) is 10.3 Å². The minimum Gasteiger partial charge on any atom is -0.321 e. The van der Waals surface area contributed by atoms with E-state index < -0.39 is 5.91 Å². The Bertz CT molecular complexity index is 1780. The quantitative estimate of drug-likeness (QED) is 0.106. The van der Waals surface area contributed by atoms with E-state index in [1.54, 1.807) is 42.5 Å². The summed E-state index contributed by atoms with van der Waals surface area (Å²) in [6, 6.07) is 27.9. The lowest BCUT2D eigenvalue weighted by molar-refractivity contribution is -0.115. The molecule has 3 amide bonds. The number of aromatic nitrogens is 1. The molecule has 2 heterocycles. The molecule has 5 aromatic rings. The van der Waals surface area contributed by atoms with Crippen LogP contribution >= 0.6 is 34.4 Å². The van der Waals surface area contributed by atoms with Gasteiger partial charge in [-0.15, -0.1) is 34.4 Å². The second-order valence-electron chi connectivity index (χ2n) is 9.91. The average molecular weight is 639 g/mol. The molecule has 1 unspecified atom stereocenters. The van der Waals surface area contributed by atoms with Crippen molar-refractivity contribution < 1.29 is 14.4 Å². The molecule has 5 rings (SSSR count). The van der Waals surface area contributed by atoms with E-state index in [1.165, 1.54) is 40.0 Å². The maximum atomic E-state index is 13.2. The molecule has 0 aliphatic carbocycles. The number of anilines is 2. The first kappa shape index (κ1) is 30.9. The number of nitrogens with one attached hydrogen (secondary N) is 3. The molecular formula is C34H30N4O3S3. The third-order valence-electron chi connectivity index (χ3n) is 6.50. The van der Waals surface area contributed by atoms with Crippen molar-refractivity contribution >= 4 is 69.1 Å². The Morgan fingerprint density at radius 1 is 0.864 bits per heavy atom. The van der Waals surface area contributed by atoms with Crippen molar-refractivity contribution in [1.29, 1.82) is 0 Å². The van der Waals surface area contributed by atoms with E-state index in [1.807, 2.05) is 80.7 Å². The number of thiazole rings is 1. The average Bonchev–Trinajstić information content (AvgIpc) is 3.67. The lowest BCUT2D eigenvalue weighted by atomic mass is 10.1. The Hall–Kier alpha value is -4.51. The SMILES string of the molecule is Cc1ccc(-c2nc(NC(=O)C(C)Sc3ccc(NC(=O)/C(=C/c4cccs4)NC(=O)c4ccccc4)cc3)sc2C)cc1. The molecule has 10 heteroatoms. The predicted molar refractivity (Wildman–Crippen MR) is 182 cm³/mol. The smallest absolute Gasteiger partial charge is 0.272 e. The summed E-state index contributed by atoms with van der Waals surface area (Å²) < 4.78 is 0. The Morgan fingerprint density at radius 3 is 2.27 bits per heavy atom. The summed E-state index contributed by atoms with van der Waals surface area (Å²) in [5, 5.41) is 10.6. The molecule has 0 saturated heterocycles. The second-order valence-corrected chi connectivity index (χ2v) is 13.5. The van der Waals surface area contributed by atoms with Crippen LogP contribution in [0.4, 0.5) is 10.8 Å². The van der Waals surface area contributed by atoms with E-state index in [-0.39, 0.29) is 22.8 Å². The van der Waals surface area contributed by atoms with Gasteiger partial charge in [-0.25, -0.2) is 4.98 Å². The van der Waals surface area contributed by atoms with Crippen molar-refractivity contribution in [3.05, 3.63) is 123 Å². The highest BCUT2D eigenvalue weighted by atomic mass is 32.2. The van der Waals surface area contributed by atoms with Crippen molar-refractivity contribution in [2.75, 3.05) is 10.6 Å². The van der Waals surface area contributed by atoms with Crippen LogP contribution in [0.15, 0.2) is 107 Å². The Kier molecular flexibility index (Phi) is 10.1. The molecule has 1 atom stereocenters. The van der Waals surface area contributed by atoms with E-state index in [9.17, 15) is 14.4 Å². The van der Waals surface area contributed by atoms with Gasteiger partial charge in [-0.2, -0.15) is 0 Å². The third-order valence-corrected chi connectivity index (χ3v) is 9.32. The number of nitrogens with zero attached hydrogens (tertiary/aromatic N) is 1. The molecule has 0 saturated carbocycles. The molecule has 44 heavy (non-hydrogen) atoms. The molecule has 0 bridgehead atoms. The predicted octanol–water partition coefficient (Wildman–Crippen LogP) is 8.02. The van der Waals surface area contributed by atoms with Crippen LogP contribution in [0.1, 0.15) is 32.6 Å². The third kappa shape index (κ3) is 8.10. The monoisotopic (exact) mass is 638 g/mol. The summed E-state index contributed by atoms with van der Waals surface area (Å²) in [5.74, 6) is -0.962. The molecule has 7 nitrogen and oxygen atoms in total. The van der Waals surface area contributed by atoms with Gasteiger partial charge >= 0.3 is 0 Å². The fourth-order valence-electron chi connectivity index (χ4n) is 4.17. The minimum atomic E-state index is -0.445. The highest BCUT2D eigenvalue weighted by molar-refractivity contribution is 8.00. The first-order valence-corrected chi connectivity index (χ1v) is 16.4. The molecule has 3 N–H and O–H groups in total. The first-order chi connectivity index (χ1) is 21.2.